The van der Waals surface area contributed by atoms with Gasteiger partial charge in [0.1, 0.15) is 30.0 Å². The van der Waals surface area contributed by atoms with E-state index in [0.717, 1.165) is 0 Å². The van der Waals surface area contributed by atoms with Crippen molar-refractivity contribution in [2.45, 2.75) is 111 Å². The van der Waals surface area contributed by atoms with E-state index in [1.807, 2.05) is 27.7 Å². The van der Waals surface area contributed by atoms with Crippen molar-refractivity contribution < 1.29 is 47.6 Å². The highest BCUT2D eigenvalue weighted by Gasteiger charge is 2.27. The molecule has 2 atom stereocenters. The molecule has 0 radical (unpaired) electrons. The Morgan fingerprint density at radius 3 is 1.88 bits per heavy atom. The third-order valence-electron chi connectivity index (χ3n) is 5.95. The van der Waals surface area contributed by atoms with Gasteiger partial charge in [-0.2, -0.15) is 0 Å². The molecule has 0 heterocycles. The van der Waals surface area contributed by atoms with E-state index in [9.17, 15) is 19.2 Å². The number of rotatable bonds is 14. The minimum Gasteiger partial charge on any atom is -0.462 e. The smallest absolute Gasteiger partial charge is 0.462 e. The minimum atomic E-state index is -1.07. The van der Waals surface area contributed by atoms with Crippen LogP contribution in [0.25, 0.3) is 0 Å². The molecule has 1 rings (SSSR count). The molecular weight excluding hydrogens is 522 g/mol. The molecule has 0 spiro atoms. The summed E-state index contributed by atoms with van der Waals surface area (Å²) in [7, 11) is 0. The SMILES string of the molecule is CCC(C)(C)OC(=O)Oc1ccc(C[C@H](N)C(=O)O[C@@H](C)COC(=O)CC(C)C)cc1OC(=O)OC(C)(C)CC. The number of carbonyl (C=O) groups is 4. The van der Waals surface area contributed by atoms with Crippen LogP contribution in [0.2, 0.25) is 0 Å². The topological polar surface area (TPSA) is 150 Å². The molecule has 1 aromatic rings. The van der Waals surface area contributed by atoms with Crippen LogP contribution in [0.5, 0.6) is 11.5 Å². The maximum atomic E-state index is 12.5. The number of nitrogens with two attached hydrogens (primary N) is 1. The standard InChI is InChI=1S/C29H45NO10/c1-10-28(6,7)39-26(33)37-22-13-12-20(16-23(22)38-27(34)40-29(8,9)11-2)15-21(30)25(32)36-19(5)17-35-24(31)14-18(3)4/h12-13,16,18-19,21H,10-11,14-15,17,30H2,1-9H3/t19-,21-/m0/s1. The second-order valence-electron chi connectivity index (χ2n) is 11.3. The Balaban J connectivity index is 2.99. The van der Waals surface area contributed by atoms with Gasteiger partial charge in [-0.1, -0.05) is 33.8 Å². The second kappa shape index (κ2) is 15.4. The molecule has 226 valence electrons. The summed E-state index contributed by atoms with van der Waals surface area (Å²) < 4.78 is 31.8. The highest BCUT2D eigenvalue weighted by Crippen LogP contribution is 2.31. The van der Waals surface area contributed by atoms with Gasteiger partial charge in [0.15, 0.2) is 11.5 Å². The summed E-state index contributed by atoms with van der Waals surface area (Å²) >= 11 is 0. The van der Waals surface area contributed by atoms with Gasteiger partial charge in [-0.15, -0.1) is 0 Å². The lowest BCUT2D eigenvalue weighted by Gasteiger charge is -2.24. The number of esters is 2. The van der Waals surface area contributed by atoms with Gasteiger partial charge in [0.2, 0.25) is 0 Å². The van der Waals surface area contributed by atoms with Crippen LogP contribution in [-0.4, -0.2) is 54.2 Å². The van der Waals surface area contributed by atoms with Crippen molar-refractivity contribution in [3.05, 3.63) is 23.8 Å². The monoisotopic (exact) mass is 567 g/mol. The number of hydrogen-bond donors (Lipinski definition) is 1. The molecular formula is C29H45NO10. The Morgan fingerprint density at radius 1 is 0.850 bits per heavy atom. The Kier molecular flexibility index (Phi) is 13.4. The summed E-state index contributed by atoms with van der Waals surface area (Å²) in [5, 5.41) is 0. The average Bonchev–Trinajstić information content (AvgIpc) is 2.83. The number of carbonyl (C=O) groups excluding carboxylic acids is 4. The van der Waals surface area contributed by atoms with Gasteiger partial charge in [0, 0.05) is 6.42 Å². The molecule has 0 saturated heterocycles. The van der Waals surface area contributed by atoms with E-state index in [1.165, 1.54) is 12.1 Å². The third-order valence-corrected chi connectivity index (χ3v) is 5.95. The lowest BCUT2D eigenvalue weighted by Crippen LogP contribution is -2.37. The third kappa shape index (κ3) is 13.1. The molecule has 0 bridgehead atoms. The van der Waals surface area contributed by atoms with E-state index in [1.54, 1.807) is 40.7 Å². The Labute approximate surface area is 236 Å². The molecule has 40 heavy (non-hydrogen) atoms. The zero-order valence-electron chi connectivity index (χ0n) is 25.2. The van der Waals surface area contributed by atoms with Crippen molar-refractivity contribution in [1.29, 1.82) is 0 Å². The predicted molar refractivity (Wildman–Crippen MR) is 147 cm³/mol. The highest BCUT2D eigenvalue weighted by atomic mass is 16.8. The van der Waals surface area contributed by atoms with E-state index >= 15 is 0 Å². The normalized spacial score (nSPS) is 13.2. The van der Waals surface area contributed by atoms with Crippen molar-refractivity contribution in [1.82, 2.24) is 0 Å². The van der Waals surface area contributed by atoms with Gasteiger partial charge < -0.3 is 34.2 Å². The maximum absolute atomic E-state index is 12.5. The first-order chi connectivity index (χ1) is 18.5. The van der Waals surface area contributed by atoms with Crippen molar-refractivity contribution in [3.63, 3.8) is 0 Å². The Bertz CT molecular complexity index is 1020. The molecule has 2 N–H and O–H groups in total. The Morgan fingerprint density at radius 2 is 1.38 bits per heavy atom. The second-order valence-corrected chi connectivity index (χ2v) is 11.3. The molecule has 0 aliphatic carbocycles. The van der Waals surface area contributed by atoms with Crippen LogP contribution >= 0.6 is 0 Å². The predicted octanol–water partition coefficient (Wildman–Crippen LogP) is 5.49. The summed E-state index contributed by atoms with van der Waals surface area (Å²) in [4.78, 5) is 49.1. The summed E-state index contributed by atoms with van der Waals surface area (Å²) in [5.41, 5.74) is 5.00. The largest absolute Gasteiger partial charge is 0.514 e. The summed E-state index contributed by atoms with van der Waals surface area (Å²) in [6.07, 6.45) is -1.30. The molecule has 11 heteroatoms. The summed E-state index contributed by atoms with van der Waals surface area (Å²) in [6.45, 7) is 15.9. The lowest BCUT2D eigenvalue weighted by molar-refractivity contribution is -0.159. The number of hydrogen-bond acceptors (Lipinski definition) is 11. The molecule has 0 aliphatic rings. The number of ether oxygens (including phenoxy) is 6. The van der Waals surface area contributed by atoms with Crippen molar-refractivity contribution >= 4 is 24.2 Å². The van der Waals surface area contributed by atoms with Gasteiger partial charge in [-0.3, -0.25) is 9.59 Å². The van der Waals surface area contributed by atoms with E-state index in [2.05, 4.69) is 0 Å². The molecule has 1 aromatic carbocycles. The lowest BCUT2D eigenvalue weighted by atomic mass is 10.1. The van der Waals surface area contributed by atoms with Crippen LogP contribution in [0.1, 0.15) is 87.1 Å². The first-order valence-electron chi connectivity index (χ1n) is 13.5. The van der Waals surface area contributed by atoms with Crippen molar-refractivity contribution in [3.8, 4) is 11.5 Å². The van der Waals surface area contributed by atoms with Crippen LogP contribution < -0.4 is 15.2 Å². The van der Waals surface area contributed by atoms with Crippen LogP contribution in [0, 0.1) is 5.92 Å². The van der Waals surface area contributed by atoms with Crippen LogP contribution in [0.15, 0.2) is 18.2 Å². The fraction of sp³-hybridized carbons (Fsp3) is 0.655. The zero-order chi connectivity index (χ0) is 30.7. The van der Waals surface area contributed by atoms with Crippen LogP contribution in [0.4, 0.5) is 9.59 Å². The van der Waals surface area contributed by atoms with E-state index in [-0.39, 0.29) is 42.8 Å². The van der Waals surface area contributed by atoms with Crippen LogP contribution in [-0.2, 0) is 35.0 Å². The first-order valence-corrected chi connectivity index (χ1v) is 13.5. The molecule has 0 amide bonds. The fourth-order valence-corrected chi connectivity index (χ4v) is 2.92. The fourth-order valence-electron chi connectivity index (χ4n) is 2.92. The average molecular weight is 568 g/mol. The molecule has 0 saturated carbocycles. The van der Waals surface area contributed by atoms with E-state index in [4.69, 9.17) is 34.2 Å². The van der Waals surface area contributed by atoms with Gasteiger partial charge in [-0.25, -0.2) is 9.59 Å². The molecule has 0 aliphatic heterocycles. The van der Waals surface area contributed by atoms with Crippen LogP contribution in [0.3, 0.4) is 0 Å². The molecule has 11 nitrogen and oxygen atoms in total. The van der Waals surface area contributed by atoms with Crippen molar-refractivity contribution in [2.24, 2.45) is 11.7 Å². The zero-order valence-corrected chi connectivity index (χ0v) is 25.2. The van der Waals surface area contributed by atoms with Gasteiger partial charge in [-0.05, 0) is 77.5 Å². The summed E-state index contributed by atoms with van der Waals surface area (Å²) in [5.74, 6) is -1.13. The Hall–Kier alpha value is -3.34. The summed E-state index contributed by atoms with van der Waals surface area (Å²) in [6, 6.07) is 3.30. The van der Waals surface area contributed by atoms with Gasteiger partial charge in [0.05, 0.1) is 0 Å². The molecule has 0 unspecified atom stereocenters. The quantitative estimate of drug-likeness (QED) is 0.173. The van der Waals surface area contributed by atoms with E-state index in [0.29, 0.717) is 18.4 Å². The van der Waals surface area contributed by atoms with Gasteiger partial charge in [0.25, 0.3) is 0 Å². The highest BCUT2D eigenvalue weighted by molar-refractivity contribution is 5.76. The molecule has 0 fully saturated rings. The maximum Gasteiger partial charge on any atom is 0.514 e. The van der Waals surface area contributed by atoms with E-state index < -0.39 is 41.6 Å². The number of benzene rings is 1. The molecule has 0 aromatic heterocycles. The van der Waals surface area contributed by atoms with Crippen molar-refractivity contribution in [2.75, 3.05) is 6.61 Å². The van der Waals surface area contributed by atoms with Gasteiger partial charge >= 0.3 is 24.2 Å². The first kappa shape index (κ1) is 34.7. The minimum absolute atomic E-state index is 0.0120.